The van der Waals surface area contributed by atoms with E-state index in [2.05, 4.69) is 30.9 Å². The lowest BCUT2D eigenvalue weighted by Gasteiger charge is -2.36. The zero-order valence-corrected chi connectivity index (χ0v) is 14.8. The third-order valence-corrected chi connectivity index (χ3v) is 5.49. The maximum atomic E-state index is 6.07. The highest BCUT2D eigenvalue weighted by molar-refractivity contribution is 6.30. The summed E-state index contributed by atoms with van der Waals surface area (Å²) in [6.45, 7) is 8.54. The van der Waals surface area contributed by atoms with Crippen molar-refractivity contribution in [1.82, 2.24) is 4.90 Å². The highest BCUT2D eigenvalue weighted by Gasteiger charge is 2.28. The van der Waals surface area contributed by atoms with Crippen LogP contribution in [-0.2, 0) is 0 Å². The molecule has 1 saturated heterocycles. The smallest absolute Gasteiger partial charge is 0.0406 e. The Hall–Kier alpha value is -0.790. The molecule has 1 nitrogen and oxygen atoms in total. The van der Waals surface area contributed by atoms with Gasteiger partial charge in [-0.1, -0.05) is 49.6 Å². The molecule has 1 aromatic rings. The Morgan fingerprint density at radius 1 is 1.05 bits per heavy atom. The van der Waals surface area contributed by atoms with Gasteiger partial charge in [-0.3, -0.25) is 4.90 Å². The van der Waals surface area contributed by atoms with Crippen LogP contribution in [0.3, 0.4) is 0 Å². The number of benzene rings is 1. The van der Waals surface area contributed by atoms with Crippen LogP contribution in [0.1, 0.15) is 57.9 Å². The number of rotatable bonds is 3. The third-order valence-electron chi connectivity index (χ3n) is 5.24. The van der Waals surface area contributed by atoms with E-state index in [9.17, 15) is 0 Å². The molecule has 0 bridgehead atoms. The fraction of sp³-hybridized carbons (Fsp3) is 0.600. The van der Waals surface area contributed by atoms with E-state index in [-0.39, 0.29) is 0 Å². The van der Waals surface area contributed by atoms with Crippen LogP contribution < -0.4 is 0 Å². The van der Waals surface area contributed by atoms with Crippen molar-refractivity contribution in [3.05, 3.63) is 40.4 Å². The Bertz CT molecular complexity index is 535. The molecule has 0 aromatic heterocycles. The highest BCUT2D eigenvalue weighted by Crippen LogP contribution is 2.43. The Kier molecular flexibility index (Phi) is 4.94. The Labute approximate surface area is 140 Å². The first kappa shape index (κ1) is 16.1. The minimum atomic E-state index is 0.417. The molecule has 0 N–H and O–H groups in total. The number of piperidine rings is 1. The van der Waals surface area contributed by atoms with E-state index in [1.165, 1.54) is 63.7 Å². The van der Waals surface area contributed by atoms with Crippen molar-refractivity contribution in [2.45, 2.75) is 52.4 Å². The van der Waals surface area contributed by atoms with Crippen molar-refractivity contribution >= 4 is 17.2 Å². The highest BCUT2D eigenvalue weighted by atomic mass is 35.5. The van der Waals surface area contributed by atoms with Crippen molar-refractivity contribution < 1.29 is 0 Å². The van der Waals surface area contributed by atoms with Gasteiger partial charge in [0.15, 0.2) is 0 Å². The first-order chi connectivity index (χ1) is 10.5. The van der Waals surface area contributed by atoms with Gasteiger partial charge in [0.05, 0.1) is 0 Å². The van der Waals surface area contributed by atoms with Crippen molar-refractivity contribution in [2.24, 2.45) is 5.41 Å². The predicted molar refractivity (Wildman–Crippen MR) is 96.3 cm³/mol. The molecule has 22 heavy (non-hydrogen) atoms. The molecule has 1 fully saturated rings. The zero-order chi connectivity index (χ0) is 15.6. The van der Waals surface area contributed by atoms with E-state index in [1.54, 1.807) is 11.1 Å². The van der Waals surface area contributed by atoms with Crippen LogP contribution in [0.15, 0.2) is 29.8 Å². The largest absolute Gasteiger partial charge is 0.299 e. The summed E-state index contributed by atoms with van der Waals surface area (Å²) in [4.78, 5) is 2.66. The van der Waals surface area contributed by atoms with E-state index in [0.717, 1.165) is 5.02 Å². The van der Waals surface area contributed by atoms with Gasteiger partial charge < -0.3 is 0 Å². The molecule has 1 aromatic carbocycles. The van der Waals surface area contributed by atoms with Crippen molar-refractivity contribution in [2.75, 3.05) is 19.6 Å². The van der Waals surface area contributed by atoms with Crippen LogP contribution in [0, 0.1) is 5.41 Å². The summed E-state index contributed by atoms with van der Waals surface area (Å²) in [5.41, 5.74) is 5.05. The fourth-order valence-electron chi connectivity index (χ4n) is 3.85. The first-order valence-corrected chi connectivity index (χ1v) is 9.10. The standard InChI is InChI=1S/C20H28ClN/c1-20(2)11-10-17(15-22-12-4-3-5-13-22)19(14-20)16-6-8-18(21)9-7-16/h6-9H,3-5,10-15H2,1-2H3. The maximum Gasteiger partial charge on any atom is 0.0406 e. The van der Waals surface area contributed by atoms with Crippen LogP contribution in [0.2, 0.25) is 5.02 Å². The predicted octanol–water partition coefficient (Wildman–Crippen LogP) is 5.79. The molecule has 0 amide bonds. The van der Waals surface area contributed by atoms with Crippen molar-refractivity contribution in [1.29, 1.82) is 0 Å². The molecule has 2 heteroatoms. The van der Waals surface area contributed by atoms with Crippen LogP contribution >= 0.6 is 11.6 Å². The zero-order valence-electron chi connectivity index (χ0n) is 14.0. The van der Waals surface area contributed by atoms with E-state index in [0.29, 0.717) is 5.41 Å². The van der Waals surface area contributed by atoms with Gasteiger partial charge in [-0.15, -0.1) is 0 Å². The molecule has 1 aliphatic heterocycles. The molecular formula is C20H28ClN. The quantitative estimate of drug-likeness (QED) is 0.682. The monoisotopic (exact) mass is 317 g/mol. The molecule has 0 radical (unpaired) electrons. The molecule has 0 spiro atoms. The van der Waals surface area contributed by atoms with E-state index in [4.69, 9.17) is 11.6 Å². The molecule has 1 aliphatic carbocycles. The molecule has 120 valence electrons. The number of likely N-dealkylation sites (tertiary alicyclic amines) is 1. The van der Waals surface area contributed by atoms with Crippen LogP contribution in [0.5, 0.6) is 0 Å². The number of allylic oxidation sites excluding steroid dienone is 1. The number of hydrogen-bond acceptors (Lipinski definition) is 1. The third kappa shape index (κ3) is 3.94. The van der Waals surface area contributed by atoms with Crippen LogP contribution in [0.25, 0.3) is 5.57 Å². The summed E-state index contributed by atoms with van der Waals surface area (Å²) < 4.78 is 0. The number of halogens is 1. The second kappa shape index (κ2) is 6.76. The van der Waals surface area contributed by atoms with Crippen LogP contribution in [0.4, 0.5) is 0 Å². The Balaban J connectivity index is 1.87. The summed E-state index contributed by atoms with van der Waals surface area (Å²) in [7, 11) is 0. The lowest BCUT2D eigenvalue weighted by molar-refractivity contribution is 0.238. The summed E-state index contributed by atoms with van der Waals surface area (Å²) in [6, 6.07) is 8.47. The average Bonchev–Trinajstić information content (AvgIpc) is 2.51. The van der Waals surface area contributed by atoms with Crippen LogP contribution in [-0.4, -0.2) is 24.5 Å². The topological polar surface area (TPSA) is 3.24 Å². The summed E-state index contributed by atoms with van der Waals surface area (Å²) >= 11 is 6.07. The molecule has 0 unspecified atom stereocenters. The summed E-state index contributed by atoms with van der Waals surface area (Å²) in [5.74, 6) is 0. The molecule has 0 saturated carbocycles. The van der Waals surface area contributed by atoms with Gasteiger partial charge in [0.1, 0.15) is 0 Å². The van der Waals surface area contributed by atoms with Gasteiger partial charge in [-0.25, -0.2) is 0 Å². The molecule has 0 atom stereocenters. The Morgan fingerprint density at radius 3 is 2.41 bits per heavy atom. The van der Waals surface area contributed by atoms with Gasteiger partial charge >= 0.3 is 0 Å². The molecule has 1 heterocycles. The summed E-state index contributed by atoms with van der Waals surface area (Å²) in [5, 5.41) is 0.831. The SMILES string of the molecule is CC1(C)CCC(CN2CCCCC2)=C(c2ccc(Cl)cc2)C1. The lowest BCUT2D eigenvalue weighted by Crippen LogP contribution is -2.33. The van der Waals surface area contributed by atoms with E-state index < -0.39 is 0 Å². The molecule has 3 rings (SSSR count). The van der Waals surface area contributed by atoms with Gasteiger partial charge in [-0.05, 0) is 73.9 Å². The average molecular weight is 318 g/mol. The fourth-order valence-corrected chi connectivity index (χ4v) is 3.98. The van der Waals surface area contributed by atoms with E-state index in [1.807, 2.05) is 12.1 Å². The first-order valence-electron chi connectivity index (χ1n) is 8.73. The second-order valence-electron chi connectivity index (χ2n) is 7.77. The minimum Gasteiger partial charge on any atom is -0.299 e. The molecule has 2 aliphatic rings. The van der Waals surface area contributed by atoms with Gasteiger partial charge in [-0.2, -0.15) is 0 Å². The summed E-state index contributed by atoms with van der Waals surface area (Å²) in [6.07, 6.45) is 7.91. The number of nitrogens with zero attached hydrogens (tertiary/aromatic N) is 1. The Morgan fingerprint density at radius 2 is 1.73 bits per heavy atom. The van der Waals surface area contributed by atoms with Gasteiger partial charge in [0.25, 0.3) is 0 Å². The van der Waals surface area contributed by atoms with E-state index >= 15 is 0 Å². The lowest BCUT2D eigenvalue weighted by atomic mass is 9.72. The minimum absolute atomic E-state index is 0.417. The maximum absolute atomic E-state index is 6.07. The van der Waals surface area contributed by atoms with Gasteiger partial charge in [0.2, 0.25) is 0 Å². The molecular weight excluding hydrogens is 290 g/mol. The number of hydrogen-bond donors (Lipinski definition) is 0. The van der Waals surface area contributed by atoms with Crippen molar-refractivity contribution in [3.63, 3.8) is 0 Å². The second-order valence-corrected chi connectivity index (χ2v) is 8.20. The normalized spacial score (nSPS) is 22.9. The van der Waals surface area contributed by atoms with Gasteiger partial charge in [0, 0.05) is 11.6 Å². The van der Waals surface area contributed by atoms with Crippen molar-refractivity contribution in [3.8, 4) is 0 Å².